The maximum absolute atomic E-state index is 11.4. The Morgan fingerprint density at radius 2 is 2.19 bits per heavy atom. The lowest BCUT2D eigenvalue weighted by Gasteiger charge is -2.04. The number of esters is 1. The molecule has 1 heterocycles. The first-order chi connectivity index (χ1) is 7.43. The van der Waals surface area contributed by atoms with E-state index in [4.69, 9.17) is 10.7 Å². The van der Waals surface area contributed by atoms with Crippen LogP contribution in [-0.2, 0) is 13.8 Å². The lowest BCUT2D eigenvalue weighted by Crippen LogP contribution is -2.08. The predicted molar refractivity (Wildman–Crippen MR) is 57.1 cm³/mol. The monoisotopic (exact) mass is 263 g/mol. The van der Waals surface area contributed by atoms with Crippen molar-refractivity contribution in [3.8, 4) is 0 Å². The Bertz CT molecular complexity index is 530. The minimum atomic E-state index is -3.81. The van der Waals surface area contributed by atoms with Crippen molar-refractivity contribution in [3.63, 3.8) is 0 Å². The minimum Gasteiger partial charge on any atom is -0.464 e. The summed E-state index contributed by atoms with van der Waals surface area (Å²) in [5.41, 5.74) is 0.226. The molecule has 88 valence electrons. The van der Waals surface area contributed by atoms with Crippen molar-refractivity contribution in [2.45, 2.75) is 23.8 Å². The number of carbonyl (C=O) groups excluding carboxylic acids is 1. The molecule has 0 amide bonds. The Kier molecular flexibility index (Phi) is 2.71. The highest BCUT2D eigenvalue weighted by molar-refractivity contribution is 8.13. The zero-order chi connectivity index (χ0) is 11.9. The highest BCUT2D eigenvalue weighted by atomic mass is 35.7. The van der Waals surface area contributed by atoms with Gasteiger partial charge in [0.05, 0.1) is 7.11 Å². The number of halogens is 1. The molecule has 1 aromatic rings. The highest BCUT2D eigenvalue weighted by Crippen LogP contribution is 2.37. The van der Waals surface area contributed by atoms with Crippen LogP contribution in [0.5, 0.6) is 0 Å². The quantitative estimate of drug-likeness (QED) is 0.613. The largest absolute Gasteiger partial charge is 0.464 e. The van der Waals surface area contributed by atoms with Gasteiger partial charge in [0.1, 0.15) is 10.6 Å². The Morgan fingerprint density at radius 3 is 2.62 bits per heavy atom. The maximum Gasteiger partial charge on any atom is 0.354 e. The fourth-order valence-electron chi connectivity index (χ4n) is 1.51. The van der Waals surface area contributed by atoms with E-state index in [0.29, 0.717) is 0 Å². The molecule has 1 aliphatic rings. The zero-order valence-electron chi connectivity index (χ0n) is 8.51. The molecule has 16 heavy (non-hydrogen) atoms. The molecule has 1 aromatic heterocycles. The second kappa shape index (κ2) is 3.78. The molecule has 1 aliphatic carbocycles. The Hall–Kier alpha value is -1.01. The third-order valence-corrected chi connectivity index (χ3v) is 3.76. The summed E-state index contributed by atoms with van der Waals surface area (Å²) in [4.78, 5) is 11.4. The summed E-state index contributed by atoms with van der Waals surface area (Å²) in [5, 5.41) is 0. The van der Waals surface area contributed by atoms with Gasteiger partial charge in [0.25, 0.3) is 9.05 Å². The molecule has 0 unspecified atom stereocenters. The molecular weight excluding hydrogens is 254 g/mol. The molecule has 0 spiro atoms. The lowest BCUT2D eigenvalue weighted by molar-refractivity contribution is 0.0588. The molecule has 0 bridgehead atoms. The molecule has 0 N–H and O–H groups in total. The van der Waals surface area contributed by atoms with Crippen LogP contribution in [0.15, 0.2) is 17.2 Å². The smallest absolute Gasteiger partial charge is 0.354 e. The van der Waals surface area contributed by atoms with Crippen molar-refractivity contribution in [3.05, 3.63) is 18.0 Å². The van der Waals surface area contributed by atoms with Crippen molar-refractivity contribution in [1.82, 2.24) is 4.57 Å². The predicted octanol–water partition coefficient (Wildman–Crippen LogP) is 1.54. The zero-order valence-corrected chi connectivity index (χ0v) is 10.1. The van der Waals surface area contributed by atoms with Gasteiger partial charge in [-0.2, -0.15) is 0 Å². The van der Waals surface area contributed by atoms with Gasteiger partial charge in [-0.1, -0.05) is 0 Å². The van der Waals surface area contributed by atoms with E-state index in [1.807, 2.05) is 0 Å². The van der Waals surface area contributed by atoms with Crippen molar-refractivity contribution in [2.75, 3.05) is 7.11 Å². The van der Waals surface area contributed by atoms with E-state index in [9.17, 15) is 13.2 Å². The van der Waals surface area contributed by atoms with E-state index in [2.05, 4.69) is 4.74 Å². The number of nitrogens with zero attached hydrogens (tertiary/aromatic N) is 1. The van der Waals surface area contributed by atoms with E-state index in [-0.39, 0.29) is 16.6 Å². The first-order valence-electron chi connectivity index (χ1n) is 4.68. The van der Waals surface area contributed by atoms with Crippen LogP contribution in [0.3, 0.4) is 0 Å². The normalized spacial score (nSPS) is 16.1. The van der Waals surface area contributed by atoms with Crippen LogP contribution in [0.2, 0.25) is 0 Å². The van der Waals surface area contributed by atoms with Crippen molar-refractivity contribution >= 4 is 25.7 Å². The van der Waals surface area contributed by atoms with Gasteiger partial charge in [-0.25, -0.2) is 13.2 Å². The maximum atomic E-state index is 11.4. The molecular formula is C9H10ClNO4S. The molecule has 0 radical (unpaired) electrons. The molecule has 0 aromatic carbocycles. The number of rotatable bonds is 3. The molecule has 0 saturated heterocycles. The minimum absolute atomic E-state index is 0.0681. The van der Waals surface area contributed by atoms with E-state index in [0.717, 1.165) is 12.8 Å². The first-order valence-corrected chi connectivity index (χ1v) is 6.99. The van der Waals surface area contributed by atoms with Crippen molar-refractivity contribution in [2.24, 2.45) is 0 Å². The number of carbonyl (C=O) groups is 1. The lowest BCUT2D eigenvalue weighted by atomic mass is 10.4. The highest BCUT2D eigenvalue weighted by Gasteiger charge is 2.30. The molecule has 7 heteroatoms. The Morgan fingerprint density at radius 1 is 1.56 bits per heavy atom. The van der Waals surface area contributed by atoms with Crippen LogP contribution < -0.4 is 0 Å². The Balaban J connectivity index is 2.50. The number of ether oxygens (including phenoxy) is 1. The van der Waals surface area contributed by atoms with Crippen LogP contribution >= 0.6 is 10.7 Å². The van der Waals surface area contributed by atoms with E-state index in [1.165, 1.54) is 19.4 Å². The van der Waals surface area contributed by atoms with Crippen LogP contribution in [0.25, 0.3) is 0 Å². The van der Waals surface area contributed by atoms with Crippen LogP contribution in [0.1, 0.15) is 29.4 Å². The molecule has 1 fully saturated rings. The van der Waals surface area contributed by atoms with Gasteiger partial charge in [-0.05, 0) is 18.9 Å². The second-order valence-electron chi connectivity index (χ2n) is 3.63. The van der Waals surface area contributed by atoms with Crippen LogP contribution in [0, 0.1) is 0 Å². The Labute approximate surface area is 97.4 Å². The average Bonchev–Trinajstić information content (AvgIpc) is 2.94. The second-order valence-corrected chi connectivity index (χ2v) is 6.19. The van der Waals surface area contributed by atoms with Gasteiger partial charge >= 0.3 is 5.97 Å². The fourth-order valence-corrected chi connectivity index (χ4v) is 2.26. The summed E-state index contributed by atoms with van der Waals surface area (Å²) in [6.07, 6.45) is 3.24. The molecule has 1 saturated carbocycles. The summed E-state index contributed by atoms with van der Waals surface area (Å²) < 4.78 is 28.5. The van der Waals surface area contributed by atoms with E-state index < -0.39 is 15.0 Å². The van der Waals surface area contributed by atoms with Crippen molar-refractivity contribution < 1.29 is 17.9 Å². The van der Waals surface area contributed by atoms with Gasteiger partial charge in [-0.15, -0.1) is 0 Å². The van der Waals surface area contributed by atoms with Gasteiger partial charge in [-0.3, -0.25) is 0 Å². The van der Waals surface area contributed by atoms with Crippen LogP contribution in [-0.4, -0.2) is 26.1 Å². The van der Waals surface area contributed by atoms with Crippen LogP contribution in [0.4, 0.5) is 0 Å². The standard InChI is InChI=1S/C9H10ClNO4S/c1-15-9(12)8-4-7(16(10,13)14)5-11(8)6-2-3-6/h4-6H,2-3H2,1H3. The van der Waals surface area contributed by atoms with Crippen molar-refractivity contribution in [1.29, 1.82) is 0 Å². The summed E-state index contributed by atoms with van der Waals surface area (Å²) in [6, 6.07) is 1.42. The summed E-state index contributed by atoms with van der Waals surface area (Å²) >= 11 is 0. The molecule has 0 aliphatic heterocycles. The first kappa shape index (κ1) is 11.5. The molecule has 5 nitrogen and oxygen atoms in total. The van der Waals surface area contributed by atoms with E-state index >= 15 is 0 Å². The summed E-state index contributed by atoms with van der Waals surface area (Å²) in [6.45, 7) is 0. The molecule has 0 atom stereocenters. The fraction of sp³-hybridized carbons (Fsp3) is 0.444. The molecule has 2 rings (SSSR count). The summed E-state index contributed by atoms with van der Waals surface area (Å²) in [7, 11) is 2.67. The van der Waals surface area contributed by atoms with Gasteiger partial charge in [0.15, 0.2) is 0 Å². The average molecular weight is 264 g/mol. The van der Waals surface area contributed by atoms with Gasteiger partial charge < -0.3 is 9.30 Å². The topological polar surface area (TPSA) is 65.4 Å². The third kappa shape index (κ3) is 2.08. The summed E-state index contributed by atoms with van der Waals surface area (Å²) in [5.74, 6) is -0.557. The number of hydrogen-bond donors (Lipinski definition) is 0. The SMILES string of the molecule is COC(=O)c1cc(S(=O)(=O)Cl)cn1C1CC1. The number of aromatic nitrogens is 1. The number of methoxy groups -OCH3 is 1. The third-order valence-electron chi connectivity index (χ3n) is 2.44. The van der Waals surface area contributed by atoms with Gasteiger partial charge in [0, 0.05) is 22.9 Å². The van der Waals surface area contributed by atoms with Gasteiger partial charge in [0.2, 0.25) is 0 Å². The van der Waals surface area contributed by atoms with E-state index in [1.54, 1.807) is 4.57 Å². The number of hydrogen-bond acceptors (Lipinski definition) is 4.